The third-order valence-electron chi connectivity index (χ3n) is 2.59. The van der Waals surface area contributed by atoms with Gasteiger partial charge in [0.25, 0.3) is 0 Å². The first-order valence-corrected chi connectivity index (χ1v) is 6.10. The van der Waals surface area contributed by atoms with Gasteiger partial charge in [-0.3, -0.25) is 4.98 Å². The minimum atomic E-state index is 1.10. The third-order valence-corrected chi connectivity index (χ3v) is 3.45. The van der Waals surface area contributed by atoms with Gasteiger partial charge in [-0.05, 0) is 40.8 Å². The molecule has 78 valence electrons. The van der Waals surface area contributed by atoms with E-state index >= 15 is 0 Å². The molecule has 0 radical (unpaired) electrons. The highest BCUT2D eigenvalue weighted by molar-refractivity contribution is 14.1. The number of rotatable bonds is 1. The summed E-state index contributed by atoms with van der Waals surface area (Å²) in [5.74, 6) is 0. The van der Waals surface area contributed by atoms with E-state index in [1.165, 1.54) is 14.5 Å². The highest BCUT2D eigenvalue weighted by Crippen LogP contribution is 2.25. The lowest BCUT2D eigenvalue weighted by Gasteiger charge is -2.03. The first-order chi connectivity index (χ1) is 7.86. The van der Waals surface area contributed by atoms with E-state index in [-0.39, 0.29) is 0 Å². The van der Waals surface area contributed by atoms with Crippen molar-refractivity contribution in [3.05, 3.63) is 58.6 Å². The van der Waals surface area contributed by atoms with Gasteiger partial charge in [-0.1, -0.05) is 18.2 Å². The maximum absolute atomic E-state index is 4.15. The molecule has 3 aromatic rings. The molecule has 3 heteroatoms. The van der Waals surface area contributed by atoms with E-state index in [9.17, 15) is 0 Å². The Bertz CT molecular complexity index is 629. The zero-order valence-corrected chi connectivity index (χ0v) is 10.6. The van der Waals surface area contributed by atoms with E-state index in [1.807, 2.05) is 12.3 Å². The number of benzene rings is 1. The van der Waals surface area contributed by atoms with E-state index < -0.39 is 0 Å². The SMILES string of the molecule is Ic1cn(-c2cccnc2)c2ccccc12. The Balaban J connectivity index is 2.33. The Hall–Kier alpha value is -1.36. The summed E-state index contributed by atoms with van der Waals surface area (Å²) in [6.07, 6.45) is 5.81. The number of hydrogen-bond acceptors (Lipinski definition) is 1. The van der Waals surface area contributed by atoms with Crippen LogP contribution in [-0.4, -0.2) is 9.55 Å². The van der Waals surface area contributed by atoms with Crippen molar-refractivity contribution in [2.45, 2.75) is 0 Å². The number of para-hydroxylation sites is 1. The van der Waals surface area contributed by atoms with Crippen molar-refractivity contribution in [3.8, 4) is 5.69 Å². The van der Waals surface area contributed by atoms with Crippen LogP contribution in [0.2, 0.25) is 0 Å². The minimum absolute atomic E-state index is 1.10. The van der Waals surface area contributed by atoms with Crippen LogP contribution in [0, 0.1) is 3.57 Å². The Morgan fingerprint density at radius 3 is 2.75 bits per heavy atom. The summed E-state index contributed by atoms with van der Waals surface area (Å²) in [5.41, 5.74) is 2.32. The van der Waals surface area contributed by atoms with Gasteiger partial charge in [-0.2, -0.15) is 0 Å². The molecule has 0 spiro atoms. The molecule has 1 aromatic carbocycles. The van der Waals surface area contributed by atoms with Gasteiger partial charge in [-0.15, -0.1) is 0 Å². The predicted molar refractivity (Wildman–Crippen MR) is 73.8 cm³/mol. The number of aromatic nitrogens is 2. The quantitative estimate of drug-likeness (QED) is 0.626. The van der Waals surface area contributed by atoms with Crippen molar-refractivity contribution in [1.82, 2.24) is 9.55 Å². The summed E-state index contributed by atoms with van der Waals surface area (Å²) in [6.45, 7) is 0. The van der Waals surface area contributed by atoms with E-state index in [0.717, 1.165) is 5.69 Å². The fraction of sp³-hybridized carbons (Fsp3) is 0. The van der Waals surface area contributed by atoms with Crippen molar-refractivity contribution in [2.75, 3.05) is 0 Å². The summed E-state index contributed by atoms with van der Waals surface area (Å²) < 4.78 is 3.43. The number of nitrogens with zero attached hydrogens (tertiary/aromatic N) is 2. The van der Waals surface area contributed by atoms with Gasteiger partial charge < -0.3 is 4.57 Å². The first kappa shape index (κ1) is 9.84. The summed E-state index contributed by atoms with van der Waals surface area (Å²) in [6, 6.07) is 12.4. The lowest BCUT2D eigenvalue weighted by Crippen LogP contribution is -1.91. The second kappa shape index (κ2) is 3.90. The normalized spacial score (nSPS) is 10.8. The molecule has 0 unspecified atom stereocenters. The fourth-order valence-corrected chi connectivity index (χ4v) is 2.58. The Labute approximate surface area is 107 Å². The molecule has 2 nitrogen and oxygen atoms in total. The Morgan fingerprint density at radius 1 is 1.06 bits per heavy atom. The molecular weight excluding hydrogens is 311 g/mol. The number of hydrogen-bond donors (Lipinski definition) is 0. The smallest absolute Gasteiger partial charge is 0.0639 e. The monoisotopic (exact) mass is 320 g/mol. The molecule has 0 aliphatic carbocycles. The Kier molecular flexibility index (Phi) is 2.40. The van der Waals surface area contributed by atoms with Crippen LogP contribution in [0.1, 0.15) is 0 Å². The first-order valence-electron chi connectivity index (χ1n) is 5.02. The van der Waals surface area contributed by atoms with Crippen LogP contribution in [0.5, 0.6) is 0 Å². The van der Waals surface area contributed by atoms with Gasteiger partial charge in [0.15, 0.2) is 0 Å². The van der Waals surface area contributed by atoms with Crippen molar-refractivity contribution >= 4 is 33.5 Å². The van der Waals surface area contributed by atoms with E-state index in [4.69, 9.17) is 0 Å². The second-order valence-corrected chi connectivity index (χ2v) is 4.74. The van der Waals surface area contributed by atoms with Gasteiger partial charge in [-0.25, -0.2) is 0 Å². The molecule has 3 rings (SSSR count). The third kappa shape index (κ3) is 1.51. The fourth-order valence-electron chi connectivity index (χ4n) is 1.85. The van der Waals surface area contributed by atoms with Crippen molar-refractivity contribution in [1.29, 1.82) is 0 Å². The minimum Gasteiger partial charge on any atom is -0.314 e. The van der Waals surface area contributed by atoms with Crippen LogP contribution in [-0.2, 0) is 0 Å². The molecule has 0 fully saturated rings. The number of halogens is 1. The van der Waals surface area contributed by atoms with E-state index in [1.54, 1.807) is 6.20 Å². The zero-order chi connectivity index (χ0) is 11.0. The van der Waals surface area contributed by atoms with Crippen LogP contribution in [0.3, 0.4) is 0 Å². The van der Waals surface area contributed by atoms with Gasteiger partial charge in [0, 0.05) is 21.4 Å². The standard InChI is InChI=1S/C13H9IN2/c14-12-9-16(10-4-3-7-15-8-10)13-6-2-1-5-11(12)13/h1-9H. The Morgan fingerprint density at radius 2 is 1.94 bits per heavy atom. The molecule has 0 atom stereocenters. The van der Waals surface area contributed by atoms with Gasteiger partial charge in [0.05, 0.1) is 17.4 Å². The van der Waals surface area contributed by atoms with Crippen molar-refractivity contribution in [2.24, 2.45) is 0 Å². The molecule has 0 N–H and O–H groups in total. The van der Waals surface area contributed by atoms with Crippen molar-refractivity contribution < 1.29 is 0 Å². The van der Waals surface area contributed by atoms with Crippen LogP contribution in [0.15, 0.2) is 55.0 Å². The topological polar surface area (TPSA) is 17.8 Å². The molecule has 0 aliphatic heterocycles. The molecular formula is C13H9IN2. The van der Waals surface area contributed by atoms with E-state index in [2.05, 4.69) is 68.7 Å². The molecule has 0 bridgehead atoms. The predicted octanol–water partition coefficient (Wildman–Crippen LogP) is 3.63. The summed E-state index contributed by atoms with van der Waals surface area (Å²) in [7, 11) is 0. The van der Waals surface area contributed by atoms with E-state index in [0.29, 0.717) is 0 Å². The lowest BCUT2D eigenvalue weighted by molar-refractivity contribution is 1.10. The van der Waals surface area contributed by atoms with Gasteiger partial charge in [0.2, 0.25) is 0 Å². The second-order valence-electron chi connectivity index (χ2n) is 3.58. The molecule has 0 saturated heterocycles. The molecule has 2 aromatic heterocycles. The highest BCUT2D eigenvalue weighted by Gasteiger charge is 2.06. The largest absolute Gasteiger partial charge is 0.314 e. The van der Waals surface area contributed by atoms with Gasteiger partial charge >= 0.3 is 0 Å². The molecule has 0 aliphatic rings. The molecule has 16 heavy (non-hydrogen) atoms. The van der Waals surface area contributed by atoms with Crippen molar-refractivity contribution in [3.63, 3.8) is 0 Å². The lowest BCUT2D eigenvalue weighted by atomic mass is 10.2. The van der Waals surface area contributed by atoms with Crippen LogP contribution >= 0.6 is 22.6 Å². The molecule has 0 saturated carbocycles. The molecule has 0 amide bonds. The summed E-state index contributed by atoms with van der Waals surface area (Å²) in [4.78, 5) is 4.15. The molecule has 2 heterocycles. The summed E-state index contributed by atoms with van der Waals surface area (Å²) >= 11 is 2.36. The average Bonchev–Trinajstić information content (AvgIpc) is 2.69. The number of fused-ring (bicyclic) bond motifs is 1. The zero-order valence-electron chi connectivity index (χ0n) is 8.47. The van der Waals surface area contributed by atoms with Gasteiger partial charge in [0.1, 0.15) is 0 Å². The highest BCUT2D eigenvalue weighted by atomic mass is 127. The van der Waals surface area contributed by atoms with Crippen LogP contribution in [0.25, 0.3) is 16.6 Å². The van der Waals surface area contributed by atoms with Crippen LogP contribution in [0.4, 0.5) is 0 Å². The average molecular weight is 320 g/mol. The summed E-state index contributed by atoms with van der Waals surface area (Å²) in [5, 5.41) is 1.28. The van der Waals surface area contributed by atoms with Crippen LogP contribution < -0.4 is 0 Å². The maximum atomic E-state index is 4.15. The number of pyridine rings is 1. The maximum Gasteiger partial charge on any atom is 0.0639 e.